The number of aromatic hydroxyl groups is 1. The van der Waals surface area contributed by atoms with E-state index in [2.05, 4.69) is 0 Å². The van der Waals surface area contributed by atoms with Crippen molar-refractivity contribution in [3.05, 3.63) is 28.8 Å². The summed E-state index contributed by atoms with van der Waals surface area (Å²) in [6.45, 7) is 3.02. The van der Waals surface area contributed by atoms with E-state index in [-0.39, 0.29) is 6.42 Å². The molecule has 1 aromatic rings. The molecule has 1 aromatic carbocycles. The van der Waals surface area contributed by atoms with Crippen molar-refractivity contribution in [1.82, 2.24) is 0 Å². The lowest BCUT2D eigenvalue weighted by Gasteiger charge is -2.12. The van der Waals surface area contributed by atoms with Gasteiger partial charge in [-0.3, -0.25) is 4.79 Å². The summed E-state index contributed by atoms with van der Waals surface area (Å²) in [5.41, 5.74) is 0.374. The Balaban J connectivity index is 3.06. The Morgan fingerprint density at radius 3 is 2.47 bits per heavy atom. The van der Waals surface area contributed by atoms with Crippen LogP contribution in [0.5, 0.6) is 5.75 Å². The zero-order valence-electron chi connectivity index (χ0n) is 9.58. The van der Waals surface area contributed by atoms with Gasteiger partial charge >= 0.3 is 5.97 Å². The Morgan fingerprint density at radius 2 is 2.00 bits per heavy atom. The minimum absolute atomic E-state index is 0.163. The van der Waals surface area contributed by atoms with E-state index in [1.807, 2.05) is 0 Å². The number of carbonyl (C=O) groups is 1. The molecule has 0 saturated carbocycles. The van der Waals surface area contributed by atoms with Crippen molar-refractivity contribution in [1.29, 1.82) is 0 Å². The zero-order chi connectivity index (χ0) is 13.2. The van der Waals surface area contributed by atoms with E-state index in [0.717, 1.165) is 6.07 Å². The summed E-state index contributed by atoms with van der Waals surface area (Å²) in [5.74, 6) is -2.05. The minimum Gasteiger partial charge on any atom is -0.507 e. The highest BCUT2D eigenvalue weighted by molar-refractivity contribution is 5.70. The molecular weight excluding hydrogens is 230 g/mol. The molecule has 0 aliphatic rings. The summed E-state index contributed by atoms with van der Waals surface area (Å²) in [6.07, 6.45) is -2.61. The van der Waals surface area contributed by atoms with E-state index in [1.54, 1.807) is 0 Å². The van der Waals surface area contributed by atoms with Crippen LogP contribution in [-0.4, -0.2) is 16.2 Å². The van der Waals surface area contributed by atoms with Gasteiger partial charge in [0.1, 0.15) is 5.75 Å². The van der Waals surface area contributed by atoms with Gasteiger partial charge in [0, 0.05) is 0 Å². The summed E-state index contributed by atoms with van der Waals surface area (Å²) in [7, 11) is 0. The molecule has 0 amide bonds. The van der Waals surface area contributed by atoms with Crippen molar-refractivity contribution < 1.29 is 23.8 Å². The van der Waals surface area contributed by atoms with Crippen LogP contribution in [0.1, 0.15) is 30.0 Å². The van der Waals surface area contributed by atoms with E-state index in [1.165, 1.54) is 19.9 Å². The summed E-state index contributed by atoms with van der Waals surface area (Å²) < 4.78 is 25.2. The maximum absolute atomic E-state index is 12.6. The lowest BCUT2D eigenvalue weighted by atomic mass is 9.97. The number of rotatable bonds is 4. The van der Waals surface area contributed by atoms with Crippen LogP contribution < -0.4 is 0 Å². The molecule has 0 aromatic heterocycles. The molecule has 1 atom stereocenters. The minimum atomic E-state index is -2.77. The fourth-order valence-electron chi connectivity index (χ4n) is 1.61. The molecule has 0 fully saturated rings. The van der Waals surface area contributed by atoms with E-state index < -0.39 is 29.6 Å². The van der Waals surface area contributed by atoms with E-state index in [0.29, 0.717) is 11.1 Å². The molecule has 0 saturated heterocycles. The quantitative estimate of drug-likeness (QED) is 0.856. The molecule has 3 nitrogen and oxygen atoms in total. The number of carboxylic acid groups (broad SMARTS) is 1. The standard InChI is InChI=1S/C12H14F2O3/c1-6-3-8(4-7(2)12(16)17)5-9(10(6)15)11(13)14/h3,5,7,11,15H,4H2,1-2H3,(H,16,17). The number of alkyl halides is 2. The van der Waals surface area contributed by atoms with E-state index in [9.17, 15) is 18.7 Å². The molecule has 0 aliphatic heterocycles. The first-order valence-electron chi connectivity index (χ1n) is 5.16. The summed E-state index contributed by atoms with van der Waals surface area (Å²) >= 11 is 0. The van der Waals surface area contributed by atoms with Gasteiger partial charge in [-0.15, -0.1) is 0 Å². The van der Waals surface area contributed by atoms with Crippen molar-refractivity contribution in [3.8, 4) is 5.75 Å². The van der Waals surface area contributed by atoms with Gasteiger partial charge in [0.2, 0.25) is 0 Å². The number of halogens is 2. The van der Waals surface area contributed by atoms with Gasteiger partial charge in [-0.1, -0.05) is 13.0 Å². The Kier molecular flexibility index (Phi) is 4.04. The van der Waals surface area contributed by atoms with Crippen molar-refractivity contribution in [2.24, 2.45) is 5.92 Å². The number of phenolic OH excluding ortho intramolecular Hbond substituents is 1. The first-order valence-corrected chi connectivity index (χ1v) is 5.16. The topological polar surface area (TPSA) is 57.5 Å². The van der Waals surface area contributed by atoms with Crippen LogP contribution in [0.2, 0.25) is 0 Å². The fourth-order valence-corrected chi connectivity index (χ4v) is 1.61. The highest BCUT2D eigenvalue weighted by atomic mass is 19.3. The summed E-state index contributed by atoms with van der Waals surface area (Å²) in [4.78, 5) is 10.7. The Labute approximate surface area is 97.7 Å². The van der Waals surface area contributed by atoms with Gasteiger partial charge < -0.3 is 10.2 Å². The number of carboxylic acids is 1. The second-order valence-electron chi connectivity index (χ2n) is 4.09. The number of aliphatic carboxylic acids is 1. The van der Waals surface area contributed by atoms with Crippen molar-refractivity contribution in [2.75, 3.05) is 0 Å². The third kappa shape index (κ3) is 3.15. The molecule has 1 rings (SSSR count). The van der Waals surface area contributed by atoms with Crippen LogP contribution in [0, 0.1) is 12.8 Å². The normalized spacial score (nSPS) is 12.8. The van der Waals surface area contributed by atoms with Gasteiger partial charge in [-0.05, 0) is 30.5 Å². The van der Waals surface area contributed by atoms with Gasteiger partial charge in [0.15, 0.2) is 0 Å². The van der Waals surface area contributed by atoms with Crippen LogP contribution in [0.15, 0.2) is 12.1 Å². The molecule has 0 bridgehead atoms. The van der Waals surface area contributed by atoms with Crippen LogP contribution in [0.4, 0.5) is 8.78 Å². The Bertz CT molecular complexity index is 430. The number of benzene rings is 1. The smallest absolute Gasteiger partial charge is 0.306 e. The number of aryl methyl sites for hydroxylation is 1. The highest BCUT2D eigenvalue weighted by Crippen LogP contribution is 2.32. The third-order valence-corrected chi connectivity index (χ3v) is 2.59. The lowest BCUT2D eigenvalue weighted by molar-refractivity contribution is -0.141. The molecule has 1 unspecified atom stereocenters. The van der Waals surface area contributed by atoms with Gasteiger partial charge in [-0.25, -0.2) is 8.78 Å². The molecule has 17 heavy (non-hydrogen) atoms. The monoisotopic (exact) mass is 244 g/mol. The molecule has 0 aliphatic carbocycles. The predicted molar refractivity (Wildman–Crippen MR) is 58.3 cm³/mol. The number of hydrogen-bond acceptors (Lipinski definition) is 2. The second kappa shape index (κ2) is 5.12. The molecular formula is C12H14F2O3. The fraction of sp³-hybridized carbons (Fsp3) is 0.417. The number of phenols is 1. The summed E-state index contributed by atoms with van der Waals surface area (Å²) in [6, 6.07) is 2.69. The average Bonchev–Trinajstić information content (AvgIpc) is 2.22. The van der Waals surface area contributed by atoms with Crippen LogP contribution >= 0.6 is 0 Å². The van der Waals surface area contributed by atoms with Crippen molar-refractivity contribution >= 4 is 5.97 Å². The average molecular weight is 244 g/mol. The van der Waals surface area contributed by atoms with Crippen LogP contribution in [0.25, 0.3) is 0 Å². The maximum Gasteiger partial charge on any atom is 0.306 e. The molecule has 0 spiro atoms. The highest BCUT2D eigenvalue weighted by Gasteiger charge is 2.18. The maximum atomic E-state index is 12.6. The van der Waals surface area contributed by atoms with Crippen molar-refractivity contribution in [2.45, 2.75) is 26.7 Å². The third-order valence-electron chi connectivity index (χ3n) is 2.59. The van der Waals surface area contributed by atoms with E-state index in [4.69, 9.17) is 5.11 Å². The van der Waals surface area contributed by atoms with Gasteiger partial charge in [0.05, 0.1) is 11.5 Å². The zero-order valence-corrected chi connectivity index (χ0v) is 9.58. The van der Waals surface area contributed by atoms with Crippen LogP contribution in [-0.2, 0) is 11.2 Å². The molecule has 0 heterocycles. The predicted octanol–water partition coefficient (Wildman–Crippen LogP) is 2.90. The first-order chi connectivity index (χ1) is 7.82. The largest absolute Gasteiger partial charge is 0.507 e. The molecule has 94 valence electrons. The van der Waals surface area contributed by atoms with Gasteiger partial charge in [0.25, 0.3) is 6.43 Å². The molecule has 5 heteroatoms. The molecule has 0 radical (unpaired) electrons. The second-order valence-corrected chi connectivity index (χ2v) is 4.09. The lowest BCUT2D eigenvalue weighted by Crippen LogP contribution is -2.12. The molecule has 2 N–H and O–H groups in total. The van der Waals surface area contributed by atoms with Gasteiger partial charge in [-0.2, -0.15) is 0 Å². The first kappa shape index (κ1) is 13.4. The van der Waals surface area contributed by atoms with Crippen molar-refractivity contribution in [3.63, 3.8) is 0 Å². The number of hydrogen-bond donors (Lipinski definition) is 2. The van der Waals surface area contributed by atoms with Crippen LogP contribution in [0.3, 0.4) is 0 Å². The Hall–Kier alpha value is -1.65. The Morgan fingerprint density at radius 1 is 1.41 bits per heavy atom. The summed E-state index contributed by atoms with van der Waals surface area (Å²) in [5, 5.41) is 18.2. The van der Waals surface area contributed by atoms with E-state index >= 15 is 0 Å². The SMILES string of the molecule is Cc1cc(CC(C)C(=O)O)cc(C(F)F)c1O.